The standard InChI is InChI=1S/C12H17N3O4S/c1-7(10(17)18-12(2,3)4)19-15-8(5-16)9-6-20-11(13)14-9/h5-7H,1-4H3,(H2,13,14)/b15-8+. The minimum absolute atomic E-state index is 0.0339. The molecular formula is C12H17N3O4S. The first kappa shape index (κ1) is 16.1. The van der Waals surface area contributed by atoms with E-state index in [4.69, 9.17) is 15.3 Å². The molecule has 0 spiro atoms. The Kier molecular flexibility index (Phi) is 5.20. The van der Waals surface area contributed by atoms with Gasteiger partial charge in [0.25, 0.3) is 0 Å². The molecule has 1 aromatic heterocycles. The first-order chi connectivity index (χ1) is 9.23. The summed E-state index contributed by atoms with van der Waals surface area (Å²) in [6, 6.07) is 0. The Hall–Kier alpha value is -1.96. The third-order valence-corrected chi connectivity index (χ3v) is 2.62. The Labute approximate surface area is 120 Å². The lowest BCUT2D eigenvalue weighted by Gasteiger charge is -2.21. The Morgan fingerprint density at radius 1 is 1.55 bits per heavy atom. The van der Waals surface area contributed by atoms with E-state index < -0.39 is 17.7 Å². The third-order valence-electron chi connectivity index (χ3n) is 1.94. The van der Waals surface area contributed by atoms with Crippen LogP contribution in [0.2, 0.25) is 0 Å². The van der Waals surface area contributed by atoms with E-state index in [2.05, 4.69) is 10.1 Å². The van der Waals surface area contributed by atoms with Crippen molar-refractivity contribution in [2.45, 2.75) is 39.4 Å². The van der Waals surface area contributed by atoms with Gasteiger partial charge in [-0.25, -0.2) is 9.78 Å². The number of anilines is 1. The first-order valence-electron chi connectivity index (χ1n) is 5.86. The molecule has 0 aliphatic heterocycles. The molecule has 1 heterocycles. The summed E-state index contributed by atoms with van der Waals surface area (Å²) in [5.41, 5.74) is 5.12. The number of hydrogen-bond acceptors (Lipinski definition) is 8. The second-order valence-corrected chi connectivity index (χ2v) is 5.84. The van der Waals surface area contributed by atoms with Crippen LogP contribution in [0.15, 0.2) is 10.5 Å². The highest BCUT2D eigenvalue weighted by Gasteiger charge is 2.23. The largest absolute Gasteiger partial charge is 0.457 e. The Bertz CT molecular complexity index is 519. The first-order valence-corrected chi connectivity index (χ1v) is 6.74. The summed E-state index contributed by atoms with van der Waals surface area (Å²) < 4.78 is 5.12. The van der Waals surface area contributed by atoms with E-state index in [1.165, 1.54) is 18.3 Å². The fourth-order valence-corrected chi connectivity index (χ4v) is 1.65. The molecule has 0 amide bonds. The van der Waals surface area contributed by atoms with Crippen molar-refractivity contribution < 1.29 is 19.2 Å². The summed E-state index contributed by atoms with van der Waals surface area (Å²) in [6.07, 6.45) is -0.448. The van der Waals surface area contributed by atoms with Crippen molar-refractivity contribution in [1.29, 1.82) is 0 Å². The summed E-state index contributed by atoms with van der Waals surface area (Å²) in [5, 5.41) is 5.50. The van der Waals surface area contributed by atoms with Crippen molar-refractivity contribution in [3.63, 3.8) is 0 Å². The van der Waals surface area contributed by atoms with E-state index in [-0.39, 0.29) is 5.71 Å². The Balaban J connectivity index is 2.69. The summed E-state index contributed by atoms with van der Waals surface area (Å²) in [7, 11) is 0. The number of esters is 1. The smallest absolute Gasteiger partial charge is 0.350 e. The maximum Gasteiger partial charge on any atom is 0.350 e. The van der Waals surface area contributed by atoms with Crippen LogP contribution in [0.5, 0.6) is 0 Å². The van der Waals surface area contributed by atoms with Crippen molar-refractivity contribution in [1.82, 2.24) is 4.98 Å². The molecule has 0 aromatic carbocycles. The van der Waals surface area contributed by atoms with Gasteiger partial charge in [0.15, 0.2) is 17.1 Å². The molecule has 20 heavy (non-hydrogen) atoms. The van der Waals surface area contributed by atoms with Gasteiger partial charge in [-0.1, -0.05) is 5.16 Å². The molecule has 1 aromatic rings. The number of nitrogens with zero attached hydrogens (tertiary/aromatic N) is 2. The molecule has 0 aliphatic rings. The molecule has 0 saturated carbocycles. The molecule has 1 unspecified atom stereocenters. The van der Waals surface area contributed by atoms with E-state index in [1.54, 1.807) is 26.2 Å². The van der Waals surface area contributed by atoms with E-state index in [0.29, 0.717) is 17.1 Å². The number of nitrogens with two attached hydrogens (primary N) is 1. The molecule has 0 saturated heterocycles. The minimum atomic E-state index is -0.930. The lowest BCUT2D eigenvalue weighted by atomic mass is 10.2. The molecule has 0 bridgehead atoms. The molecule has 8 heteroatoms. The maximum absolute atomic E-state index is 11.7. The molecule has 0 aliphatic carbocycles. The van der Waals surface area contributed by atoms with E-state index in [0.717, 1.165) is 0 Å². The minimum Gasteiger partial charge on any atom is -0.457 e. The number of carbonyl (C=O) groups excluding carboxylic acids is 2. The van der Waals surface area contributed by atoms with Crippen molar-refractivity contribution in [3.8, 4) is 0 Å². The molecular weight excluding hydrogens is 282 g/mol. The van der Waals surface area contributed by atoms with Crippen LogP contribution in [-0.2, 0) is 19.2 Å². The zero-order valence-electron chi connectivity index (χ0n) is 11.7. The zero-order chi connectivity index (χ0) is 15.3. The second kappa shape index (κ2) is 6.47. The van der Waals surface area contributed by atoms with Gasteiger partial charge in [0.2, 0.25) is 6.10 Å². The topological polar surface area (TPSA) is 104 Å². The molecule has 1 atom stereocenters. The van der Waals surface area contributed by atoms with Gasteiger partial charge < -0.3 is 15.3 Å². The van der Waals surface area contributed by atoms with Crippen molar-refractivity contribution in [3.05, 3.63) is 11.1 Å². The van der Waals surface area contributed by atoms with Crippen molar-refractivity contribution in [2.75, 3.05) is 5.73 Å². The number of ether oxygens (including phenoxy) is 1. The number of aromatic nitrogens is 1. The average molecular weight is 299 g/mol. The lowest BCUT2D eigenvalue weighted by Crippen LogP contribution is -2.31. The molecule has 2 N–H and O–H groups in total. The summed E-state index contributed by atoms with van der Waals surface area (Å²) >= 11 is 1.18. The fourth-order valence-electron chi connectivity index (χ4n) is 1.10. The average Bonchev–Trinajstić information content (AvgIpc) is 2.74. The number of nitrogen functional groups attached to an aromatic ring is 1. The van der Waals surface area contributed by atoms with Crippen LogP contribution in [0, 0.1) is 0 Å². The van der Waals surface area contributed by atoms with Crippen LogP contribution in [0.3, 0.4) is 0 Å². The Morgan fingerprint density at radius 2 is 2.20 bits per heavy atom. The van der Waals surface area contributed by atoms with Crippen LogP contribution in [0.1, 0.15) is 33.4 Å². The highest BCUT2D eigenvalue weighted by molar-refractivity contribution is 7.13. The van der Waals surface area contributed by atoms with Crippen LogP contribution < -0.4 is 5.73 Å². The lowest BCUT2D eigenvalue weighted by molar-refractivity contribution is -0.167. The predicted molar refractivity (Wildman–Crippen MR) is 75.5 cm³/mol. The highest BCUT2D eigenvalue weighted by atomic mass is 32.1. The van der Waals surface area contributed by atoms with Crippen LogP contribution in [-0.4, -0.2) is 34.7 Å². The molecule has 1 rings (SSSR count). The van der Waals surface area contributed by atoms with E-state index in [1.807, 2.05) is 0 Å². The molecule has 110 valence electrons. The SMILES string of the molecule is CC(O/N=C(\C=O)c1csc(N)n1)C(=O)OC(C)(C)C. The number of carbonyl (C=O) groups is 2. The van der Waals surface area contributed by atoms with Crippen LogP contribution in [0.4, 0.5) is 5.13 Å². The van der Waals surface area contributed by atoms with Crippen molar-refractivity contribution >= 4 is 34.4 Å². The number of thiazole rings is 1. The number of aldehydes is 1. The quantitative estimate of drug-likeness (QED) is 0.381. The van der Waals surface area contributed by atoms with Gasteiger partial charge in [0, 0.05) is 5.38 Å². The van der Waals surface area contributed by atoms with Gasteiger partial charge in [-0.05, 0) is 27.7 Å². The fraction of sp³-hybridized carbons (Fsp3) is 0.500. The summed E-state index contributed by atoms with van der Waals surface area (Å²) in [6.45, 7) is 6.72. The Morgan fingerprint density at radius 3 is 2.65 bits per heavy atom. The van der Waals surface area contributed by atoms with Gasteiger partial charge in [0.1, 0.15) is 11.3 Å². The number of oxime groups is 1. The van der Waals surface area contributed by atoms with Gasteiger partial charge in [-0.3, -0.25) is 4.79 Å². The predicted octanol–water partition coefficient (Wildman–Crippen LogP) is 1.38. The number of hydrogen-bond donors (Lipinski definition) is 1. The second-order valence-electron chi connectivity index (χ2n) is 4.95. The zero-order valence-corrected chi connectivity index (χ0v) is 12.6. The van der Waals surface area contributed by atoms with Gasteiger partial charge in [-0.15, -0.1) is 11.3 Å². The molecule has 7 nitrogen and oxygen atoms in total. The van der Waals surface area contributed by atoms with Gasteiger partial charge in [-0.2, -0.15) is 0 Å². The summed E-state index contributed by atoms with van der Waals surface area (Å²) in [4.78, 5) is 31.5. The third kappa shape index (κ3) is 4.96. The maximum atomic E-state index is 11.7. The van der Waals surface area contributed by atoms with E-state index in [9.17, 15) is 9.59 Å². The van der Waals surface area contributed by atoms with Gasteiger partial charge in [0.05, 0.1) is 0 Å². The molecule has 0 radical (unpaired) electrons. The van der Waals surface area contributed by atoms with Crippen LogP contribution >= 0.6 is 11.3 Å². The highest BCUT2D eigenvalue weighted by Crippen LogP contribution is 2.13. The normalized spacial score (nSPS) is 13.7. The van der Waals surface area contributed by atoms with Gasteiger partial charge >= 0.3 is 5.97 Å². The summed E-state index contributed by atoms with van der Waals surface area (Å²) in [5.74, 6) is -0.565. The monoisotopic (exact) mass is 299 g/mol. The van der Waals surface area contributed by atoms with Crippen LogP contribution in [0.25, 0.3) is 0 Å². The van der Waals surface area contributed by atoms with E-state index >= 15 is 0 Å². The van der Waals surface area contributed by atoms with Crippen molar-refractivity contribution in [2.24, 2.45) is 5.16 Å². The number of rotatable bonds is 5. The molecule has 0 fully saturated rings.